The Morgan fingerprint density at radius 2 is 1.90 bits per heavy atom. The van der Waals surface area contributed by atoms with E-state index in [0.717, 1.165) is 24.1 Å². The first kappa shape index (κ1) is 20.1. The average molecular weight is 416 g/mol. The van der Waals surface area contributed by atoms with Gasteiger partial charge in [0.25, 0.3) is 0 Å². The molecule has 158 valence electrons. The molecule has 2 aromatic rings. The molecule has 0 aliphatic carbocycles. The third kappa shape index (κ3) is 4.08. The summed E-state index contributed by atoms with van der Waals surface area (Å²) in [5.41, 5.74) is 0.825. The van der Waals surface area contributed by atoms with E-state index in [1.54, 1.807) is 0 Å². The number of hydrogen-bond acceptors (Lipinski definition) is 4. The summed E-state index contributed by atoms with van der Waals surface area (Å²) in [6.45, 7) is 3.04. The van der Waals surface area contributed by atoms with Crippen molar-refractivity contribution < 1.29 is 27.8 Å². The highest BCUT2D eigenvalue weighted by Gasteiger charge is 2.36. The molecule has 2 aromatic carbocycles. The van der Waals surface area contributed by atoms with Gasteiger partial charge in [0.15, 0.2) is 11.5 Å². The molecule has 1 fully saturated rings. The zero-order chi connectivity index (χ0) is 21.3. The van der Waals surface area contributed by atoms with Crippen molar-refractivity contribution in [2.45, 2.75) is 25.8 Å². The summed E-state index contributed by atoms with van der Waals surface area (Å²) in [5, 5.41) is 2.91. The van der Waals surface area contributed by atoms with Crippen LogP contribution in [-0.4, -0.2) is 31.6 Å². The number of anilines is 1. The lowest BCUT2D eigenvalue weighted by atomic mass is 10.0. The molecule has 0 saturated carbocycles. The summed E-state index contributed by atoms with van der Waals surface area (Å²) < 4.78 is 38.5. The van der Waals surface area contributed by atoms with Gasteiger partial charge in [-0.2, -0.15) is 0 Å². The lowest BCUT2D eigenvalue weighted by molar-refractivity contribution is -0.126. The van der Waals surface area contributed by atoms with Crippen LogP contribution in [0, 0.1) is 17.6 Å². The highest BCUT2D eigenvalue weighted by Crippen LogP contribution is 2.33. The maximum Gasteiger partial charge on any atom is 0.227 e. The molecular weight excluding hydrogens is 394 g/mol. The molecule has 1 saturated heterocycles. The number of nitrogens with zero attached hydrogens (tertiary/aromatic N) is 1. The van der Waals surface area contributed by atoms with Gasteiger partial charge >= 0.3 is 0 Å². The van der Waals surface area contributed by atoms with E-state index in [9.17, 15) is 18.4 Å². The number of amides is 2. The van der Waals surface area contributed by atoms with Crippen LogP contribution in [0.3, 0.4) is 0 Å². The number of hydrogen-bond donors (Lipinski definition) is 1. The summed E-state index contributed by atoms with van der Waals surface area (Å²) >= 11 is 0. The van der Waals surface area contributed by atoms with Crippen LogP contribution in [0.4, 0.5) is 14.5 Å². The van der Waals surface area contributed by atoms with Crippen LogP contribution in [0.25, 0.3) is 0 Å². The molecule has 6 nitrogen and oxygen atoms in total. The number of rotatable bonds is 4. The fourth-order valence-electron chi connectivity index (χ4n) is 3.68. The van der Waals surface area contributed by atoms with Crippen LogP contribution < -0.4 is 19.7 Å². The van der Waals surface area contributed by atoms with Crippen molar-refractivity contribution in [3.8, 4) is 11.5 Å². The van der Waals surface area contributed by atoms with E-state index in [1.165, 1.54) is 11.0 Å². The monoisotopic (exact) mass is 416 g/mol. The second kappa shape index (κ2) is 8.30. The molecule has 2 unspecified atom stereocenters. The Bertz CT molecular complexity index is 982. The van der Waals surface area contributed by atoms with Crippen molar-refractivity contribution in [2.24, 2.45) is 5.92 Å². The largest absolute Gasteiger partial charge is 0.490 e. The highest BCUT2D eigenvalue weighted by atomic mass is 19.1. The molecule has 2 aliphatic rings. The Morgan fingerprint density at radius 3 is 2.67 bits per heavy atom. The van der Waals surface area contributed by atoms with E-state index >= 15 is 0 Å². The molecule has 0 aromatic heterocycles. The average Bonchev–Trinajstić information content (AvgIpc) is 2.94. The van der Waals surface area contributed by atoms with Gasteiger partial charge in [-0.3, -0.25) is 9.59 Å². The minimum absolute atomic E-state index is 0.0207. The zero-order valence-electron chi connectivity index (χ0n) is 16.5. The first-order chi connectivity index (χ1) is 14.4. The maximum atomic E-state index is 14.0. The topological polar surface area (TPSA) is 67.9 Å². The Balaban J connectivity index is 1.43. The summed E-state index contributed by atoms with van der Waals surface area (Å²) in [6.07, 6.45) is 0.771. The first-order valence-electron chi connectivity index (χ1n) is 9.87. The van der Waals surface area contributed by atoms with Crippen LogP contribution in [0.1, 0.15) is 31.4 Å². The fraction of sp³-hybridized carbons (Fsp3) is 0.364. The number of benzene rings is 2. The number of fused-ring (bicyclic) bond motifs is 1. The van der Waals surface area contributed by atoms with Gasteiger partial charge in [0.1, 0.15) is 11.6 Å². The van der Waals surface area contributed by atoms with Crippen LogP contribution in [0.15, 0.2) is 36.4 Å². The Labute approximate surface area is 172 Å². The van der Waals surface area contributed by atoms with Gasteiger partial charge in [-0.15, -0.1) is 0 Å². The van der Waals surface area contributed by atoms with Crippen molar-refractivity contribution in [2.75, 3.05) is 24.7 Å². The Kier molecular flexibility index (Phi) is 5.57. The SMILES string of the molecule is CC(NC(=O)C1CC(=O)N(c2ccc(F)cc2F)C1)c1ccc2c(c1)OCCCO2. The van der Waals surface area contributed by atoms with Gasteiger partial charge in [0.2, 0.25) is 11.8 Å². The Hall–Kier alpha value is -3.16. The second-order valence-electron chi connectivity index (χ2n) is 7.49. The minimum Gasteiger partial charge on any atom is -0.490 e. The van der Waals surface area contributed by atoms with Crippen molar-refractivity contribution in [1.82, 2.24) is 5.32 Å². The second-order valence-corrected chi connectivity index (χ2v) is 7.49. The van der Waals surface area contributed by atoms with Gasteiger partial charge in [-0.25, -0.2) is 8.78 Å². The molecule has 0 spiro atoms. The number of carbonyl (C=O) groups is 2. The Morgan fingerprint density at radius 1 is 1.13 bits per heavy atom. The van der Waals surface area contributed by atoms with E-state index in [0.29, 0.717) is 24.7 Å². The van der Waals surface area contributed by atoms with Gasteiger partial charge in [0.05, 0.1) is 30.9 Å². The van der Waals surface area contributed by atoms with Gasteiger partial charge in [0, 0.05) is 25.5 Å². The van der Waals surface area contributed by atoms with Gasteiger partial charge in [-0.05, 0) is 36.8 Å². The van der Waals surface area contributed by atoms with E-state index in [-0.39, 0.29) is 36.5 Å². The van der Waals surface area contributed by atoms with Crippen LogP contribution >= 0.6 is 0 Å². The highest BCUT2D eigenvalue weighted by molar-refractivity contribution is 6.00. The summed E-state index contributed by atoms with van der Waals surface area (Å²) in [4.78, 5) is 26.3. The standard InChI is InChI=1S/C22H22F2N2O4/c1-13(14-3-6-19-20(9-14)30-8-2-7-29-19)25-22(28)15-10-21(27)26(12-15)18-5-4-16(23)11-17(18)24/h3-6,9,11,13,15H,2,7-8,10,12H2,1H3,(H,25,28). The molecule has 2 aliphatic heterocycles. The minimum atomic E-state index is -0.829. The van der Waals surface area contributed by atoms with E-state index in [2.05, 4.69) is 5.32 Å². The van der Waals surface area contributed by atoms with Crippen molar-refractivity contribution in [3.05, 3.63) is 53.6 Å². The number of nitrogens with one attached hydrogen (secondary N) is 1. The molecular formula is C22H22F2N2O4. The number of halogens is 2. The van der Waals surface area contributed by atoms with Crippen molar-refractivity contribution >= 4 is 17.5 Å². The zero-order valence-corrected chi connectivity index (χ0v) is 16.5. The lowest BCUT2D eigenvalue weighted by Gasteiger charge is -2.20. The summed E-state index contributed by atoms with van der Waals surface area (Å²) in [5.74, 6) is -1.53. The molecule has 2 amide bonds. The quantitative estimate of drug-likeness (QED) is 0.830. The molecule has 4 rings (SSSR count). The fourth-order valence-corrected chi connectivity index (χ4v) is 3.68. The lowest BCUT2D eigenvalue weighted by Crippen LogP contribution is -2.34. The van der Waals surface area contributed by atoms with E-state index < -0.39 is 17.6 Å². The first-order valence-corrected chi connectivity index (χ1v) is 9.87. The van der Waals surface area contributed by atoms with Crippen LogP contribution in [0.5, 0.6) is 11.5 Å². The van der Waals surface area contributed by atoms with Crippen molar-refractivity contribution in [3.63, 3.8) is 0 Å². The predicted molar refractivity (Wildman–Crippen MR) is 105 cm³/mol. The van der Waals surface area contributed by atoms with Crippen LogP contribution in [0.2, 0.25) is 0 Å². The maximum absolute atomic E-state index is 14.0. The molecule has 0 radical (unpaired) electrons. The van der Waals surface area contributed by atoms with E-state index in [1.807, 2.05) is 25.1 Å². The number of carbonyl (C=O) groups excluding carboxylic acids is 2. The van der Waals surface area contributed by atoms with E-state index in [4.69, 9.17) is 9.47 Å². The summed E-state index contributed by atoms with van der Waals surface area (Å²) in [6, 6.07) is 8.22. The molecule has 30 heavy (non-hydrogen) atoms. The third-order valence-corrected chi connectivity index (χ3v) is 5.33. The van der Waals surface area contributed by atoms with Crippen LogP contribution in [-0.2, 0) is 9.59 Å². The molecule has 8 heteroatoms. The van der Waals surface area contributed by atoms with Gasteiger partial charge in [-0.1, -0.05) is 6.07 Å². The molecule has 1 N–H and O–H groups in total. The normalized spacial score (nSPS) is 19.4. The van der Waals surface area contributed by atoms with Gasteiger partial charge < -0.3 is 19.7 Å². The summed E-state index contributed by atoms with van der Waals surface area (Å²) in [7, 11) is 0. The molecule has 2 heterocycles. The smallest absolute Gasteiger partial charge is 0.227 e. The van der Waals surface area contributed by atoms with Crippen molar-refractivity contribution in [1.29, 1.82) is 0 Å². The molecule has 2 atom stereocenters. The number of ether oxygens (including phenoxy) is 2. The predicted octanol–water partition coefficient (Wildman–Crippen LogP) is 3.36. The third-order valence-electron chi connectivity index (χ3n) is 5.33. The molecule has 0 bridgehead atoms.